The number of aryl methyl sites for hydroxylation is 1. The Balaban J connectivity index is 1.92. The minimum Gasteiger partial charge on any atom is -0.395 e. The van der Waals surface area contributed by atoms with Crippen molar-refractivity contribution in [1.29, 1.82) is 0 Å². The van der Waals surface area contributed by atoms with E-state index in [9.17, 15) is 9.50 Å². The average Bonchev–Trinajstić information content (AvgIpc) is 3.20. The first-order valence-electron chi connectivity index (χ1n) is 7.91. The molecule has 1 N–H and O–H groups in total. The number of aliphatic hydroxyl groups is 1. The molecule has 0 saturated heterocycles. The molecule has 0 atom stereocenters. The quantitative estimate of drug-likeness (QED) is 0.622. The number of aromatic nitrogens is 5. The van der Waals surface area contributed by atoms with E-state index >= 15 is 0 Å². The van der Waals surface area contributed by atoms with Crippen molar-refractivity contribution in [2.45, 2.75) is 13.5 Å². The van der Waals surface area contributed by atoms with Crippen molar-refractivity contribution in [3.05, 3.63) is 60.4 Å². The summed E-state index contributed by atoms with van der Waals surface area (Å²) in [6.45, 7) is 2.31. The zero-order chi connectivity index (χ0) is 17.4. The number of aliphatic hydroxyl groups excluding tert-OH is 1. The molecule has 0 aliphatic heterocycles. The first-order valence-corrected chi connectivity index (χ1v) is 7.91. The minimum atomic E-state index is -0.298. The lowest BCUT2D eigenvalue weighted by Crippen LogP contribution is -2.05. The van der Waals surface area contributed by atoms with Gasteiger partial charge in [-0.25, -0.2) is 18.9 Å². The molecular formula is C18H16FN5O. The Bertz CT molecular complexity index is 1040. The van der Waals surface area contributed by atoms with Crippen LogP contribution < -0.4 is 0 Å². The highest BCUT2D eigenvalue weighted by Crippen LogP contribution is 2.30. The Morgan fingerprint density at radius 3 is 2.64 bits per heavy atom. The molecule has 0 spiro atoms. The zero-order valence-electron chi connectivity index (χ0n) is 13.6. The van der Waals surface area contributed by atoms with Crippen LogP contribution in [0.2, 0.25) is 0 Å². The van der Waals surface area contributed by atoms with E-state index in [2.05, 4.69) is 15.1 Å². The van der Waals surface area contributed by atoms with Gasteiger partial charge in [-0.15, -0.1) is 0 Å². The molecular weight excluding hydrogens is 321 g/mol. The Kier molecular flexibility index (Phi) is 3.77. The molecule has 0 fully saturated rings. The second kappa shape index (κ2) is 6.10. The largest absolute Gasteiger partial charge is 0.395 e. The summed E-state index contributed by atoms with van der Waals surface area (Å²) in [5, 5.41) is 14.0. The van der Waals surface area contributed by atoms with Crippen LogP contribution in [-0.4, -0.2) is 35.9 Å². The summed E-state index contributed by atoms with van der Waals surface area (Å²) in [5.41, 5.74) is 4.65. The first kappa shape index (κ1) is 15.5. The van der Waals surface area contributed by atoms with Crippen LogP contribution in [0.15, 0.2) is 48.9 Å². The third-order valence-electron chi connectivity index (χ3n) is 4.07. The van der Waals surface area contributed by atoms with Crippen LogP contribution in [0.1, 0.15) is 5.69 Å². The summed E-state index contributed by atoms with van der Waals surface area (Å²) in [4.78, 5) is 8.75. The fourth-order valence-corrected chi connectivity index (χ4v) is 2.86. The van der Waals surface area contributed by atoms with E-state index in [1.807, 2.05) is 23.6 Å². The molecule has 0 unspecified atom stereocenters. The van der Waals surface area contributed by atoms with Crippen molar-refractivity contribution in [2.24, 2.45) is 0 Å². The lowest BCUT2D eigenvalue weighted by Gasteiger charge is -2.09. The fraction of sp³-hybridized carbons (Fsp3) is 0.167. The van der Waals surface area contributed by atoms with Crippen molar-refractivity contribution >= 4 is 5.65 Å². The van der Waals surface area contributed by atoms with Crippen molar-refractivity contribution in [3.63, 3.8) is 0 Å². The van der Waals surface area contributed by atoms with Crippen LogP contribution in [0.25, 0.3) is 28.3 Å². The minimum absolute atomic E-state index is 0.0153. The lowest BCUT2D eigenvalue weighted by molar-refractivity contribution is 0.276. The van der Waals surface area contributed by atoms with Crippen LogP contribution in [0.5, 0.6) is 0 Å². The molecule has 0 saturated carbocycles. The van der Waals surface area contributed by atoms with Gasteiger partial charge < -0.3 is 9.67 Å². The highest BCUT2D eigenvalue weighted by Gasteiger charge is 2.17. The van der Waals surface area contributed by atoms with Crippen molar-refractivity contribution in [3.8, 4) is 22.6 Å². The van der Waals surface area contributed by atoms with Crippen molar-refractivity contribution in [2.75, 3.05) is 6.61 Å². The Labute approximate surface area is 143 Å². The van der Waals surface area contributed by atoms with Gasteiger partial charge in [0, 0.05) is 12.1 Å². The molecule has 0 aliphatic carbocycles. The standard InChI is InChI=1S/C18H16FN5O/c1-12-10-20-16-7-6-15(22-24(12)16)18-17(21-11-23(18)8-9-25)13-2-4-14(19)5-3-13/h2-7,10-11,25H,8-9H2,1H3. The number of imidazole rings is 2. The summed E-state index contributed by atoms with van der Waals surface area (Å²) >= 11 is 0. The van der Waals surface area contributed by atoms with Gasteiger partial charge in [0.25, 0.3) is 0 Å². The van der Waals surface area contributed by atoms with Crippen LogP contribution >= 0.6 is 0 Å². The second-order valence-corrected chi connectivity index (χ2v) is 5.75. The van der Waals surface area contributed by atoms with Gasteiger partial charge in [0.2, 0.25) is 0 Å². The van der Waals surface area contributed by atoms with Gasteiger partial charge in [-0.05, 0) is 43.3 Å². The van der Waals surface area contributed by atoms with E-state index < -0.39 is 0 Å². The highest BCUT2D eigenvalue weighted by molar-refractivity contribution is 5.77. The summed E-state index contributed by atoms with van der Waals surface area (Å²) in [6, 6.07) is 9.94. The van der Waals surface area contributed by atoms with Gasteiger partial charge in [0.05, 0.1) is 36.2 Å². The lowest BCUT2D eigenvalue weighted by atomic mass is 10.1. The summed E-state index contributed by atoms with van der Waals surface area (Å²) in [5.74, 6) is -0.298. The fourth-order valence-electron chi connectivity index (χ4n) is 2.86. The van der Waals surface area contributed by atoms with E-state index in [-0.39, 0.29) is 12.4 Å². The summed E-state index contributed by atoms with van der Waals surface area (Å²) < 4.78 is 16.9. The number of halogens is 1. The predicted octanol–water partition coefficient (Wildman–Crippen LogP) is 2.70. The molecule has 0 radical (unpaired) electrons. The number of benzene rings is 1. The molecule has 25 heavy (non-hydrogen) atoms. The van der Waals surface area contributed by atoms with Crippen LogP contribution in [0, 0.1) is 12.7 Å². The summed E-state index contributed by atoms with van der Waals surface area (Å²) in [6.07, 6.45) is 3.43. The molecule has 4 aromatic rings. The second-order valence-electron chi connectivity index (χ2n) is 5.75. The Morgan fingerprint density at radius 1 is 1.08 bits per heavy atom. The van der Waals surface area contributed by atoms with E-state index in [4.69, 9.17) is 0 Å². The Hall–Kier alpha value is -3.06. The van der Waals surface area contributed by atoms with Gasteiger partial charge in [0.1, 0.15) is 11.5 Å². The van der Waals surface area contributed by atoms with Gasteiger partial charge in [-0.2, -0.15) is 5.10 Å². The number of hydrogen-bond donors (Lipinski definition) is 1. The normalized spacial score (nSPS) is 11.3. The van der Waals surface area contributed by atoms with Crippen LogP contribution in [-0.2, 0) is 6.54 Å². The zero-order valence-corrected chi connectivity index (χ0v) is 13.6. The van der Waals surface area contributed by atoms with Crippen LogP contribution in [0.4, 0.5) is 4.39 Å². The molecule has 3 aromatic heterocycles. The van der Waals surface area contributed by atoms with E-state index in [0.29, 0.717) is 17.9 Å². The third-order valence-corrected chi connectivity index (χ3v) is 4.07. The highest BCUT2D eigenvalue weighted by atomic mass is 19.1. The molecule has 0 aliphatic rings. The summed E-state index contributed by atoms with van der Waals surface area (Å²) in [7, 11) is 0. The molecule has 1 aromatic carbocycles. The van der Waals surface area contributed by atoms with Gasteiger partial charge in [-0.1, -0.05) is 0 Å². The van der Waals surface area contributed by atoms with E-state index in [1.165, 1.54) is 12.1 Å². The number of hydrogen-bond acceptors (Lipinski definition) is 4. The maximum Gasteiger partial charge on any atom is 0.153 e. The maximum absolute atomic E-state index is 13.3. The monoisotopic (exact) mass is 337 g/mol. The number of rotatable bonds is 4. The maximum atomic E-state index is 13.3. The van der Waals surface area contributed by atoms with E-state index in [1.54, 1.807) is 29.2 Å². The van der Waals surface area contributed by atoms with Gasteiger partial charge in [-0.3, -0.25) is 0 Å². The molecule has 7 heteroatoms. The van der Waals surface area contributed by atoms with Crippen molar-refractivity contribution < 1.29 is 9.50 Å². The van der Waals surface area contributed by atoms with Crippen molar-refractivity contribution in [1.82, 2.24) is 24.1 Å². The van der Waals surface area contributed by atoms with E-state index in [0.717, 1.165) is 22.6 Å². The Morgan fingerprint density at radius 2 is 1.88 bits per heavy atom. The molecule has 4 rings (SSSR count). The molecule has 3 heterocycles. The first-order chi connectivity index (χ1) is 12.2. The average molecular weight is 337 g/mol. The van der Waals surface area contributed by atoms with Crippen LogP contribution in [0.3, 0.4) is 0 Å². The molecule has 0 amide bonds. The van der Waals surface area contributed by atoms with Gasteiger partial charge >= 0.3 is 0 Å². The topological polar surface area (TPSA) is 68.2 Å². The number of fused-ring (bicyclic) bond motifs is 1. The molecule has 126 valence electrons. The predicted molar refractivity (Wildman–Crippen MR) is 91.4 cm³/mol. The third kappa shape index (κ3) is 2.68. The molecule has 6 nitrogen and oxygen atoms in total. The number of nitrogens with zero attached hydrogens (tertiary/aromatic N) is 5. The molecule has 0 bridgehead atoms. The SMILES string of the molecule is Cc1cnc2ccc(-c3c(-c4ccc(F)cc4)ncn3CCO)nn12. The smallest absolute Gasteiger partial charge is 0.153 e. The van der Waals surface area contributed by atoms with Gasteiger partial charge in [0.15, 0.2) is 5.65 Å².